The first-order valence-corrected chi connectivity index (χ1v) is 5.56. The average molecular weight is 304 g/mol. The number of alkyl halides is 3. The number of hydrogen-bond donors (Lipinski definition) is 0. The zero-order chi connectivity index (χ0) is 15.8. The summed E-state index contributed by atoms with van der Waals surface area (Å²) in [5.74, 6) is -5.22. The Bertz CT molecular complexity index is 688. The van der Waals surface area contributed by atoms with Gasteiger partial charge in [-0.05, 0) is 18.2 Å². The standard InChI is InChI=1S/C14H6F6O/c15-10-6-12(17)11(16)5-9(10)13(21)7-1-3-8(4-2-7)14(18,19)20/h1-6H. The molecule has 0 heterocycles. The third-order valence-electron chi connectivity index (χ3n) is 2.73. The van der Waals surface area contributed by atoms with Gasteiger partial charge in [0.1, 0.15) is 5.82 Å². The van der Waals surface area contributed by atoms with Crippen molar-refractivity contribution < 1.29 is 31.1 Å². The van der Waals surface area contributed by atoms with Crippen LogP contribution in [0.3, 0.4) is 0 Å². The van der Waals surface area contributed by atoms with E-state index in [1.54, 1.807) is 0 Å². The molecule has 0 atom stereocenters. The van der Waals surface area contributed by atoms with Gasteiger partial charge < -0.3 is 0 Å². The van der Waals surface area contributed by atoms with Crippen molar-refractivity contribution in [3.8, 4) is 0 Å². The average Bonchev–Trinajstić information content (AvgIpc) is 2.41. The highest BCUT2D eigenvalue weighted by Crippen LogP contribution is 2.29. The smallest absolute Gasteiger partial charge is 0.288 e. The molecule has 2 rings (SSSR count). The minimum Gasteiger partial charge on any atom is -0.288 e. The molecule has 0 amide bonds. The van der Waals surface area contributed by atoms with Crippen LogP contribution in [-0.4, -0.2) is 5.78 Å². The van der Waals surface area contributed by atoms with Crippen molar-refractivity contribution in [3.05, 3.63) is 70.5 Å². The van der Waals surface area contributed by atoms with E-state index in [1.165, 1.54) is 0 Å². The van der Waals surface area contributed by atoms with E-state index in [-0.39, 0.29) is 11.6 Å². The van der Waals surface area contributed by atoms with Crippen LogP contribution in [0.25, 0.3) is 0 Å². The van der Waals surface area contributed by atoms with E-state index in [9.17, 15) is 31.1 Å². The molecule has 21 heavy (non-hydrogen) atoms. The lowest BCUT2D eigenvalue weighted by molar-refractivity contribution is -0.137. The Labute approximate surface area is 114 Å². The van der Waals surface area contributed by atoms with Gasteiger partial charge in [0, 0.05) is 11.6 Å². The number of carbonyl (C=O) groups excluding carboxylic acids is 1. The molecule has 0 spiro atoms. The van der Waals surface area contributed by atoms with E-state index < -0.39 is 40.5 Å². The Morgan fingerprint density at radius 3 is 1.86 bits per heavy atom. The van der Waals surface area contributed by atoms with Gasteiger partial charge >= 0.3 is 6.18 Å². The Kier molecular flexibility index (Phi) is 3.76. The van der Waals surface area contributed by atoms with Gasteiger partial charge in [-0.15, -0.1) is 0 Å². The van der Waals surface area contributed by atoms with Gasteiger partial charge in [0.2, 0.25) is 0 Å². The summed E-state index contributed by atoms with van der Waals surface area (Å²) in [5, 5.41) is 0. The van der Waals surface area contributed by atoms with Crippen LogP contribution in [0.2, 0.25) is 0 Å². The summed E-state index contributed by atoms with van der Waals surface area (Å²) in [6.45, 7) is 0. The van der Waals surface area contributed by atoms with E-state index >= 15 is 0 Å². The summed E-state index contributed by atoms with van der Waals surface area (Å²) in [6, 6.07) is 3.53. The Hall–Kier alpha value is -2.31. The van der Waals surface area contributed by atoms with Gasteiger partial charge in [0.15, 0.2) is 17.4 Å². The van der Waals surface area contributed by atoms with Crippen LogP contribution in [0.1, 0.15) is 21.5 Å². The maximum atomic E-state index is 13.4. The monoisotopic (exact) mass is 304 g/mol. The molecule has 7 heteroatoms. The largest absolute Gasteiger partial charge is 0.416 e. The molecule has 0 aliphatic rings. The molecule has 0 bridgehead atoms. The fourth-order valence-corrected chi connectivity index (χ4v) is 1.66. The molecule has 2 aromatic rings. The van der Waals surface area contributed by atoms with Crippen LogP contribution < -0.4 is 0 Å². The first kappa shape index (κ1) is 15.1. The Morgan fingerprint density at radius 2 is 1.33 bits per heavy atom. The molecule has 0 fully saturated rings. The van der Waals surface area contributed by atoms with Crippen molar-refractivity contribution >= 4 is 5.78 Å². The molecule has 1 nitrogen and oxygen atoms in total. The highest BCUT2D eigenvalue weighted by molar-refractivity contribution is 6.09. The number of hydrogen-bond acceptors (Lipinski definition) is 1. The van der Waals surface area contributed by atoms with Gasteiger partial charge in [0.05, 0.1) is 11.1 Å². The summed E-state index contributed by atoms with van der Waals surface area (Å²) in [5.41, 5.74) is -2.01. The fraction of sp³-hybridized carbons (Fsp3) is 0.0714. The molecule has 0 radical (unpaired) electrons. The molecule has 0 aromatic heterocycles. The minimum atomic E-state index is -4.57. The van der Waals surface area contributed by atoms with Crippen molar-refractivity contribution in [1.29, 1.82) is 0 Å². The second-order valence-electron chi connectivity index (χ2n) is 4.15. The van der Waals surface area contributed by atoms with Gasteiger partial charge in [0.25, 0.3) is 0 Å². The summed E-state index contributed by atoms with van der Waals surface area (Å²) >= 11 is 0. The van der Waals surface area contributed by atoms with Crippen LogP contribution >= 0.6 is 0 Å². The number of ketones is 1. The van der Waals surface area contributed by atoms with Crippen molar-refractivity contribution in [3.63, 3.8) is 0 Å². The van der Waals surface area contributed by atoms with E-state index in [4.69, 9.17) is 0 Å². The van der Waals surface area contributed by atoms with Crippen LogP contribution in [-0.2, 0) is 6.18 Å². The summed E-state index contributed by atoms with van der Waals surface area (Å²) in [6.07, 6.45) is -4.57. The molecule has 0 unspecified atom stereocenters. The topological polar surface area (TPSA) is 17.1 Å². The van der Waals surface area contributed by atoms with Gasteiger partial charge in [-0.3, -0.25) is 4.79 Å². The quantitative estimate of drug-likeness (QED) is 0.458. The summed E-state index contributed by atoms with van der Waals surface area (Å²) < 4.78 is 76.3. The molecule has 0 saturated carbocycles. The molecule has 0 aliphatic carbocycles. The van der Waals surface area contributed by atoms with Crippen LogP contribution in [0.5, 0.6) is 0 Å². The molecule has 0 saturated heterocycles. The van der Waals surface area contributed by atoms with E-state index in [0.29, 0.717) is 18.2 Å². The molecular formula is C14H6F6O. The number of carbonyl (C=O) groups is 1. The van der Waals surface area contributed by atoms with Gasteiger partial charge in [-0.2, -0.15) is 13.2 Å². The third-order valence-corrected chi connectivity index (χ3v) is 2.73. The van der Waals surface area contributed by atoms with Crippen molar-refractivity contribution in [2.24, 2.45) is 0 Å². The van der Waals surface area contributed by atoms with Crippen molar-refractivity contribution in [2.45, 2.75) is 6.18 Å². The summed E-state index contributed by atoms with van der Waals surface area (Å²) in [7, 11) is 0. The van der Waals surface area contributed by atoms with Crippen LogP contribution in [0.4, 0.5) is 26.3 Å². The lowest BCUT2D eigenvalue weighted by atomic mass is 10.0. The lowest BCUT2D eigenvalue weighted by Gasteiger charge is -2.08. The number of halogens is 6. The SMILES string of the molecule is O=C(c1ccc(C(F)(F)F)cc1)c1cc(F)c(F)cc1F. The lowest BCUT2D eigenvalue weighted by Crippen LogP contribution is -2.08. The van der Waals surface area contributed by atoms with E-state index in [1.807, 2.05) is 0 Å². The maximum Gasteiger partial charge on any atom is 0.416 e. The predicted octanol–water partition coefficient (Wildman–Crippen LogP) is 4.35. The second-order valence-corrected chi connectivity index (χ2v) is 4.15. The predicted molar refractivity (Wildman–Crippen MR) is 61.2 cm³/mol. The molecule has 2 aromatic carbocycles. The Balaban J connectivity index is 2.39. The first-order chi connectivity index (χ1) is 9.70. The van der Waals surface area contributed by atoms with Crippen molar-refractivity contribution in [1.82, 2.24) is 0 Å². The molecule has 0 N–H and O–H groups in total. The number of rotatable bonds is 2. The zero-order valence-corrected chi connectivity index (χ0v) is 10.1. The van der Waals surface area contributed by atoms with Gasteiger partial charge in [-0.1, -0.05) is 12.1 Å². The normalized spacial score (nSPS) is 11.5. The van der Waals surface area contributed by atoms with Crippen LogP contribution in [0.15, 0.2) is 36.4 Å². The Morgan fingerprint density at radius 1 is 0.810 bits per heavy atom. The zero-order valence-electron chi connectivity index (χ0n) is 10.1. The number of benzene rings is 2. The van der Waals surface area contributed by atoms with Gasteiger partial charge in [-0.25, -0.2) is 13.2 Å². The summed E-state index contributed by atoms with van der Waals surface area (Å²) in [4.78, 5) is 11.9. The fourth-order valence-electron chi connectivity index (χ4n) is 1.66. The maximum absolute atomic E-state index is 13.4. The highest BCUT2D eigenvalue weighted by Gasteiger charge is 2.30. The first-order valence-electron chi connectivity index (χ1n) is 5.56. The van der Waals surface area contributed by atoms with Crippen LogP contribution in [0, 0.1) is 17.5 Å². The second kappa shape index (κ2) is 5.23. The van der Waals surface area contributed by atoms with E-state index in [2.05, 4.69) is 0 Å². The highest BCUT2D eigenvalue weighted by atomic mass is 19.4. The minimum absolute atomic E-state index is 0.201. The van der Waals surface area contributed by atoms with Crippen molar-refractivity contribution in [2.75, 3.05) is 0 Å². The molecule has 0 aliphatic heterocycles. The molecular weight excluding hydrogens is 298 g/mol. The third kappa shape index (κ3) is 3.07. The molecule has 110 valence electrons. The van der Waals surface area contributed by atoms with E-state index in [0.717, 1.165) is 12.1 Å².